The van der Waals surface area contributed by atoms with Crippen molar-refractivity contribution in [3.8, 4) is 11.5 Å². The van der Waals surface area contributed by atoms with Crippen LogP contribution in [-0.4, -0.2) is 10.2 Å². The van der Waals surface area contributed by atoms with Gasteiger partial charge in [0, 0.05) is 5.41 Å². The molecule has 0 spiro atoms. The van der Waals surface area contributed by atoms with Crippen molar-refractivity contribution in [2.45, 2.75) is 32.6 Å². The van der Waals surface area contributed by atoms with Crippen LogP contribution in [0.3, 0.4) is 0 Å². The first-order valence-corrected chi connectivity index (χ1v) is 8.54. The monoisotopic (exact) mass is 332 g/mol. The second-order valence-electron chi connectivity index (χ2n) is 7.16. The molecule has 128 valence electrons. The van der Waals surface area contributed by atoms with Crippen LogP contribution in [0.1, 0.15) is 41.7 Å². The molecule has 2 heteroatoms. The molecule has 0 aliphatic heterocycles. The zero-order valence-electron chi connectivity index (χ0n) is 15.0. The molecule has 25 heavy (non-hydrogen) atoms. The maximum absolute atomic E-state index is 9.52. The van der Waals surface area contributed by atoms with Gasteiger partial charge < -0.3 is 10.2 Å². The fraction of sp³-hybridized carbons (Fsp3) is 0.217. The molecule has 0 atom stereocenters. The fourth-order valence-electron chi connectivity index (χ4n) is 3.16. The van der Waals surface area contributed by atoms with Crippen molar-refractivity contribution in [3.05, 3.63) is 94.5 Å². The molecule has 0 radical (unpaired) electrons. The van der Waals surface area contributed by atoms with Gasteiger partial charge in [0.15, 0.2) is 0 Å². The van der Waals surface area contributed by atoms with Crippen LogP contribution in [0.25, 0.3) is 0 Å². The Hall–Kier alpha value is -2.74. The number of hydrogen-bond donors (Lipinski definition) is 2. The minimum absolute atomic E-state index is 0.129. The van der Waals surface area contributed by atoms with Gasteiger partial charge >= 0.3 is 0 Å². The van der Waals surface area contributed by atoms with Crippen LogP contribution in [0.2, 0.25) is 0 Å². The summed E-state index contributed by atoms with van der Waals surface area (Å²) in [5.41, 5.74) is 6.04. The molecule has 0 aromatic heterocycles. The lowest BCUT2D eigenvalue weighted by atomic mass is 9.77. The SMILES string of the molecule is Cc1cc(C(C)(C)c2ccc(O)cc2)ccc1Cc1ccc(O)cc1. The summed E-state index contributed by atoms with van der Waals surface area (Å²) in [7, 11) is 0. The second kappa shape index (κ2) is 6.64. The summed E-state index contributed by atoms with van der Waals surface area (Å²) in [6, 6.07) is 21.5. The molecule has 0 unspecified atom stereocenters. The lowest BCUT2D eigenvalue weighted by molar-refractivity contribution is 0.474. The molecule has 0 bridgehead atoms. The predicted molar refractivity (Wildman–Crippen MR) is 102 cm³/mol. The van der Waals surface area contributed by atoms with Crippen LogP contribution in [-0.2, 0) is 11.8 Å². The first-order chi connectivity index (χ1) is 11.9. The van der Waals surface area contributed by atoms with E-state index in [2.05, 4.69) is 39.0 Å². The van der Waals surface area contributed by atoms with Gasteiger partial charge in [-0.15, -0.1) is 0 Å². The Kier molecular flexibility index (Phi) is 4.54. The van der Waals surface area contributed by atoms with E-state index in [-0.39, 0.29) is 5.41 Å². The molecule has 0 heterocycles. The van der Waals surface area contributed by atoms with E-state index >= 15 is 0 Å². The van der Waals surface area contributed by atoms with E-state index in [4.69, 9.17) is 0 Å². The second-order valence-corrected chi connectivity index (χ2v) is 7.16. The van der Waals surface area contributed by atoms with E-state index in [1.807, 2.05) is 24.3 Å². The minimum atomic E-state index is -0.129. The van der Waals surface area contributed by atoms with Crippen LogP contribution in [0, 0.1) is 6.92 Å². The largest absolute Gasteiger partial charge is 0.508 e. The quantitative estimate of drug-likeness (QED) is 0.678. The molecular formula is C23H24O2. The van der Waals surface area contributed by atoms with Crippen LogP contribution in [0.5, 0.6) is 11.5 Å². The molecule has 3 aromatic rings. The van der Waals surface area contributed by atoms with Crippen LogP contribution < -0.4 is 0 Å². The first kappa shape index (κ1) is 17.1. The number of phenols is 2. The Morgan fingerprint density at radius 1 is 0.720 bits per heavy atom. The normalized spacial score (nSPS) is 11.5. The van der Waals surface area contributed by atoms with Crippen molar-refractivity contribution in [1.29, 1.82) is 0 Å². The van der Waals surface area contributed by atoms with E-state index in [0.29, 0.717) is 11.5 Å². The number of benzene rings is 3. The number of rotatable bonds is 4. The van der Waals surface area contributed by atoms with Crippen molar-refractivity contribution in [3.63, 3.8) is 0 Å². The van der Waals surface area contributed by atoms with Gasteiger partial charge in [0.25, 0.3) is 0 Å². The number of phenolic OH excluding ortho intramolecular Hbond substituents is 2. The van der Waals surface area contributed by atoms with E-state index in [0.717, 1.165) is 6.42 Å². The smallest absolute Gasteiger partial charge is 0.115 e. The van der Waals surface area contributed by atoms with E-state index in [1.165, 1.54) is 27.8 Å². The summed E-state index contributed by atoms with van der Waals surface area (Å²) in [6.45, 7) is 6.55. The van der Waals surface area contributed by atoms with Crippen molar-refractivity contribution < 1.29 is 10.2 Å². The predicted octanol–water partition coefficient (Wildman–Crippen LogP) is 5.32. The van der Waals surface area contributed by atoms with Gasteiger partial charge in [-0.25, -0.2) is 0 Å². The molecule has 0 saturated carbocycles. The molecule has 2 nitrogen and oxygen atoms in total. The highest BCUT2D eigenvalue weighted by Gasteiger charge is 2.23. The Balaban J connectivity index is 1.88. The summed E-state index contributed by atoms with van der Waals surface area (Å²) < 4.78 is 0. The molecule has 2 N–H and O–H groups in total. The fourth-order valence-corrected chi connectivity index (χ4v) is 3.16. The third-order valence-corrected chi connectivity index (χ3v) is 4.98. The van der Waals surface area contributed by atoms with Gasteiger partial charge in [0.2, 0.25) is 0 Å². The number of aromatic hydroxyl groups is 2. The van der Waals surface area contributed by atoms with Gasteiger partial charge in [-0.3, -0.25) is 0 Å². The molecule has 3 aromatic carbocycles. The van der Waals surface area contributed by atoms with Crippen LogP contribution in [0.4, 0.5) is 0 Å². The topological polar surface area (TPSA) is 40.5 Å². The Morgan fingerprint density at radius 3 is 1.80 bits per heavy atom. The summed E-state index contributed by atoms with van der Waals surface area (Å²) in [4.78, 5) is 0. The zero-order chi connectivity index (χ0) is 18.0. The average Bonchev–Trinajstić information content (AvgIpc) is 2.59. The molecule has 3 rings (SSSR count). The van der Waals surface area contributed by atoms with E-state index < -0.39 is 0 Å². The van der Waals surface area contributed by atoms with Gasteiger partial charge in [-0.05, 0) is 65.4 Å². The summed E-state index contributed by atoms with van der Waals surface area (Å²) in [6.07, 6.45) is 0.853. The standard InChI is InChI=1S/C23H24O2/c1-16-14-20(23(2,3)19-8-12-22(25)13-9-19)7-6-18(16)15-17-4-10-21(24)11-5-17/h4-14,24-25H,15H2,1-3H3. The molecular weight excluding hydrogens is 308 g/mol. The van der Waals surface area contributed by atoms with E-state index in [9.17, 15) is 10.2 Å². The van der Waals surface area contributed by atoms with Gasteiger partial charge in [0.1, 0.15) is 11.5 Å². The van der Waals surface area contributed by atoms with Crippen LogP contribution in [0.15, 0.2) is 66.7 Å². The van der Waals surface area contributed by atoms with Crippen molar-refractivity contribution >= 4 is 0 Å². The average molecular weight is 332 g/mol. The molecule has 0 aliphatic rings. The highest BCUT2D eigenvalue weighted by atomic mass is 16.3. The Bertz CT molecular complexity index is 860. The zero-order valence-corrected chi connectivity index (χ0v) is 15.0. The van der Waals surface area contributed by atoms with Gasteiger partial charge in [-0.2, -0.15) is 0 Å². The summed E-state index contributed by atoms with van der Waals surface area (Å²) in [5.74, 6) is 0.589. The maximum atomic E-state index is 9.52. The highest BCUT2D eigenvalue weighted by Crippen LogP contribution is 2.33. The minimum Gasteiger partial charge on any atom is -0.508 e. The lowest BCUT2D eigenvalue weighted by Gasteiger charge is -2.27. The Morgan fingerprint density at radius 2 is 1.24 bits per heavy atom. The first-order valence-electron chi connectivity index (χ1n) is 8.54. The molecule has 0 saturated heterocycles. The van der Waals surface area contributed by atoms with Crippen LogP contribution >= 0.6 is 0 Å². The maximum Gasteiger partial charge on any atom is 0.115 e. The number of hydrogen-bond acceptors (Lipinski definition) is 2. The third kappa shape index (κ3) is 3.69. The van der Waals surface area contributed by atoms with Gasteiger partial charge in [0.05, 0.1) is 0 Å². The molecule has 0 fully saturated rings. The van der Waals surface area contributed by atoms with Crippen molar-refractivity contribution in [2.24, 2.45) is 0 Å². The Labute approximate surface area is 149 Å². The molecule has 0 amide bonds. The van der Waals surface area contributed by atoms with Crippen molar-refractivity contribution in [2.75, 3.05) is 0 Å². The molecule has 0 aliphatic carbocycles. The number of aryl methyl sites for hydroxylation is 1. The lowest BCUT2D eigenvalue weighted by Crippen LogP contribution is -2.19. The van der Waals surface area contributed by atoms with Gasteiger partial charge in [-0.1, -0.05) is 56.3 Å². The summed E-state index contributed by atoms with van der Waals surface area (Å²) in [5, 5.41) is 18.9. The van der Waals surface area contributed by atoms with E-state index in [1.54, 1.807) is 24.3 Å². The third-order valence-electron chi connectivity index (χ3n) is 4.98. The van der Waals surface area contributed by atoms with Crippen molar-refractivity contribution in [1.82, 2.24) is 0 Å². The summed E-state index contributed by atoms with van der Waals surface area (Å²) >= 11 is 0. The highest BCUT2D eigenvalue weighted by molar-refractivity contribution is 5.44.